The molecule has 0 N–H and O–H groups in total. The minimum atomic E-state index is -0.556. The number of carbonyl (C=O) groups excluding carboxylic acids is 2. The Morgan fingerprint density at radius 3 is 2.30 bits per heavy atom. The molecule has 1 aromatic carbocycles. The smallest absolute Gasteiger partial charge is 0.271 e. The van der Waals surface area contributed by atoms with Crippen LogP contribution in [0.1, 0.15) is 6.42 Å². The molecule has 0 unspecified atom stereocenters. The van der Waals surface area contributed by atoms with Gasteiger partial charge in [-0.25, -0.2) is 4.90 Å². The van der Waals surface area contributed by atoms with Gasteiger partial charge in [0.1, 0.15) is 11.4 Å². The van der Waals surface area contributed by atoms with Crippen LogP contribution in [0.5, 0.6) is 5.75 Å². The van der Waals surface area contributed by atoms with Crippen molar-refractivity contribution < 1.29 is 19.2 Å². The fourth-order valence-electron chi connectivity index (χ4n) is 4.11. The zero-order valence-electron chi connectivity index (χ0n) is 12.3. The number of nitro benzene ring substituents is 1. The summed E-state index contributed by atoms with van der Waals surface area (Å²) in [5.74, 6) is -0.793. The minimum absolute atomic E-state index is 0.0937. The molecule has 2 bridgehead atoms. The number of hydrogen-bond donors (Lipinski definition) is 0. The third-order valence-corrected chi connectivity index (χ3v) is 5.08. The minimum Gasteiger partial charge on any atom is -0.495 e. The summed E-state index contributed by atoms with van der Waals surface area (Å²) in [5.41, 5.74) is -0.0231. The molecule has 1 saturated carbocycles. The summed E-state index contributed by atoms with van der Waals surface area (Å²) in [4.78, 5) is 37.1. The van der Waals surface area contributed by atoms with Gasteiger partial charge in [-0.3, -0.25) is 19.7 Å². The number of imide groups is 1. The summed E-state index contributed by atoms with van der Waals surface area (Å²) in [5, 5.41) is 11.0. The van der Waals surface area contributed by atoms with Gasteiger partial charge < -0.3 is 4.74 Å². The molecule has 1 aliphatic heterocycles. The molecule has 3 aliphatic rings. The topological polar surface area (TPSA) is 89.8 Å². The summed E-state index contributed by atoms with van der Waals surface area (Å²) >= 11 is 0. The number of nitrogens with zero attached hydrogens (tertiary/aromatic N) is 2. The molecule has 1 aromatic rings. The Labute approximate surface area is 131 Å². The third-order valence-electron chi connectivity index (χ3n) is 5.08. The average molecular weight is 314 g/mol. The predicted molar refractivity (Wildman–Crippen MR) is 79.9 cm³/mol. The van der Waals surface area contributed by atoms with Gasteiger partial charge in [0.2, 0.25) is 11.8 Å². The molecule has 0 aromatic heterocycles. The molecule has 0 spiro atoms. The Bertz CT molecular complexity index is 742. The van der Waals surface area contributed by atoms with Gasteiger partial charge in [0.25, 0.3) is 5.69 Å². The van der Waals surface area contributed by atoms with Crippen LogP contribution in [-0.2, 0) is 9.59 Å². The van der Waals surface area contributed by atoms with Crippen molar-refractivity contribution in [3.05, 3.63) is 40.5 Å². The number of hydrogen-bond acceptors (Lipinski definition) is 5. The second kappa shape index (κ2) is 4.65. The van der Waals surface area contributed by atoms with Crippen LogP contribution in [-0.4, -0.2) is 23.8 Å². The molecular formula is C16H14N2O5. The highest BCUT2D eigenvalue weighted by molar-refractivity contribution is 6.23. The molecule has 1 saturated heterocycles. The highest BCUT2D eigenvalue weighted by Crippen LogP contribution is 2.54. The van der Waals surface area contributed by atoms with Crippen molar-refractivity contribution in [2.75, 3.05) is 12.0 Å². The fourth-order valence-corrected chi connectivity index (χ4v) is 4.11. The second-order valence-corrected chi connectivity index (χ2v) is 6.13. The number of fused-ring (bicyclic) bond motifs is 5. The number of benzene rings is 1. The number of allylic oxidation sites excluding steroid dienone is 2. The molecule has 7 nitrogen and oxygen atoms in total. The fraction of sp³-hybridized carbons (Fsp3) is 0.375. The molecule has 2 fully saturated rings. The quantitative estimate of drug-likeness (QED) is 0.368. The van der Waals surface area contributed by atoms with Crippen molar-refractivity contribution in [2.45, 2.75) is 6.42 Å². The number of carbonyl (C=O) groups is 2. The second-order valence-electron chi connectivity index (χ2n) is 6.13. The van der Waals surface area contributed by atoms with E-state index in [1.54, 1.807) is 0 Å². The monoisotopic (exact) mass is 314 g/mol. The first-order chi connectivity index (χ1) is 11.0. The van der Waals surface area contributed by atoms with E-state index in [-0.39, 0.29) is 52.6 Å². The first-order valence-corrected chi connectivity index (χ1v) is 7.41. The Morgan fingerprint density at radius 1 is 1.17 bits per heavy atom. The van der Waals surface area contributed by atoms with Gasteiger partial charge in [0, 0.05) is 12.1 Å². The Kier molecular flexibility index (Phi) is 2.81. The van der Waals surface area contributed by atoms with Gasteiger partial charge in [-0.1, -0.05) is 12.2 Å². The van der Waals surface area contributed by atoms with Gasteiger partial charge in [0.15, 0.2) is 0 Å². The van der Waals surface area contributed by atoms with Crippen molar-refractivity contribution in [1.82, 2.24) is 0 Å². The van der Waals surface area contributed by atoms with Gasteiger partial charge in [-0.2, -0.15) is 0 Å². The molecule has 2 aliphatic carbocycles. The summed E-state index contributed by atoms with van der Waals surface area (Å²) < 4.78 is 5.20. The van der Waals surface area contributed by atoms with Gasteiger partial charge in [-0.05, 0) is 24.3 Å². The van der Waals surface area contributed by atoms with E-state index in [2.05, 4.69) is 0 Å². The van der Waals surface area contributed by atoms with Gasteiger partial charge in [0.05, 0.1) is 23.9 Å². The van der Waals surface area contributed by atoms with Crippen LogP contribution in [0.3, 0.4) is 0 Å². The highest BCUT2D eigenvalue weighted by Gasteiger charge is 2.60. The molecule has 23 heavy (non-hydrogen) atoms. The van der Waals surface area contributed by atoms with Crippen LogP contribution in [0.4, 0.5) is 11.4 Å². The lowest BCUT2D eigenvalue weighted by Gasteiger charge is -2.19. The Balaban J connectivity index is 1.80. The number of rotatable bonds is 3. The highest BCUT2D eigenvalue weighted by atomic mass is 16.6. The standard InChI is InChI=1S/C16H14N2O5/c1-23-12-5-4-10(18(21)22)7-11(12)17-15(19)13-8-2-3-9(6-8)14(13)16(17)20/h2-5,7-9,13-14H,6H2,1H3/t8-,9-,13-,14+/m0/s1. The maximum atomic E-state index is 12.8. The molecule has 4 atom stereocenters. The van der Waals surface area contributed by atoms with Gasteiger partial charge in [-0.15, -0.1) is 0 Å². The van der Waals surface area contributed by atoms with Crippen molar-refractivity contribution in [3.8, 4) is 5.75 Å². The number of methoxy groups -OCH3 is 1. The largest absolute Gasteiger partial charge is 0.495 e. The molecular weight excluding hydrogens is 300 g/mol. The molecule has 4 rings (SSSR count). The van der Waals surface area contributed by atoms with Crippen LogP contribution in [0.25, 0.3) is 0 Å². The SMILES string of the molecule is COc1ccc([N+](=O)[O-])cc1N1C(=O)[C@@H]2[C@H](C1=O)[C@H]1C=C[C@H]2C1. The molecule has 118 valence electrons. The number of non-ortho nitro benzene ring substituents is 1. The Morgan fingerprint density at radius 2 is 1.78 bits per heavy atom. The zero-order chi connectivity index (χ0) is 16.3. The zero-order valence-corrected chi connectivity index (χ0v) is 12.3. The lowest BCUT2D eigenvalue weighted by Crippen LogP contribution is -2.33. The number of amides is 2. The third kappa shape index (κ3) is 1.76. The van der Waals surface area contributed by atoms with Crippen LogP contribution in [0.15, 0.2) is 30.4 Å². The van der Waals surface area contributed by atoms with Crippen molar-refractivity contribution >= 4 is 23.2 Å². The summed E-state index contributed by atoms with van der Waals surface area (Å²) in [6.07, 6.45) is 4.85. The van der Waals surface area contributed by atoms with Gasteiger partial charge >= 0.3 is 0 Å². The molecule has 1 heterocycles. The normalized spacial score (nSPS) is 30.9. The van der Waals surface area contributed by atoms with Crippen LogP contribution in [0.2, 0.25) is 0 Å². The van der Waals surface area contributed by atoms with Crippen molar-refractivity contribution in [1.29, 1.82) is 0 Å². The van der Waals surface area contributed by atoms with E-state index in [0.717, 1.165) is 11.3 Å². The van der Waals surface area contributed by atoms with E-state index in [0.29, 0.717) is 0 Å². The van der Waals surface area contributed by atoms with E-state index in [1.807, 2.05) is 12.2 Å². The number of nitro groups is 1. The van der Waals surface area contributed by atoms with Crippen molar-refractivity contribution in [2.24, 2.45) is 23.7 Å². The van der Waals surface area contributed by atoms with Crippen LogP contribution in [0, 0.1) is 33.8 Å². The molecule has 7 heteroatoms. The first kappa shape index (κ1) is 13.9. The van der Waals surface area contributed by atoms with E-state index >= 15 is 0 Å². The summed E-state index contributed by atoms with van der Waals surface area (Å²) in [7, 11) is 1.40. The van der Waals surface area contributed by atoms with E-state index < -0.39 is 4.92 Å². The summed E-state index contributed by atoms with van der Waals surface area (Å²) in [6.45, 7) is 0. The average Bonchev–Trinajstić information content (AvgIpc) is 3.21. The first-order valence-electron chi connectivity index (χ1n) is 7.41. The Hall–Kier alpha value is -2.70. The lowest BCUT2D eigenvalue weighted by molar-refractivity contribution is -0.384. The lowest BCUT2D eigenvalue weighted by atomic mass is 9.85. The number of ether oxygens (including phenoxy) is 1. The summed E-state index contributed by atoms with van der Waals surface area (Å²) in [6, 6.07) is 3.93. The van der Waals surface area contributed by atoms with Crippen LogP contribution < -0.4 is 9.64 Å². The van der Waals surface area contributed by atoms with E-state index in [9.17, 15) is 19.7 Å². The van der Waals surface area contributed by atoms with Crippen molar-refractivity contribution in [3.63, 3.8) is 0 Å². The number of anilines is 1. The maximum absolute atomic E-state index is 12.8. The predicted octanol–water partition coefficient (Wildman–Crippen LogP) is 1.91. The van der Waals surface area contributed by atoms with E-state index in [1.165, 1.54) is 25.3 Å². The maximum Gasteiger partial charge on any atom is 0.271 e. The molecule has 0 radical (unpaired) electrons. The van der Waals surface area contributed by atoms with Crippen LogP contribution >= 0.6 is 0 Å². The van der Waals surface area contributed by atoms with E-state index in [4.69, 9.17) is 4.74 Å². The molecule has 2 amide bonds.